The number of nitrogens with one attached hydrogen (secondary N) is 2. The average molecular weight is 279 g/mol. The van der Waals surface area contributed by atoms with Crippen molar-refractivity contribution < 1.29 is 0 Å². The van der Waals surface area contributed by atoms with Gasteiger partial charge in [-0.3, -0.25) is 4.79 Å². The first-order valence-electron chi connectivity index (χ1n) is 7.06. The Kier molecular flexibility index (Phi) is 3.69. The van der Waals surface area contributed by atoms with E-state index >= 15 is 0 Å². The maximum absolute atomic E-state index is 12.0. The maximum Gasteiger partial charge on any atom is 0.260 e. The highest BCUT2D eigenvalue weighted by Gasteiger charge is 2.05. The summed E-state index contributed by atoms with van der Waals surface area (Å²) in [6.45, 7) is 2.82. The summed E-state index contributed by atoms with van der Waals surface area (Å²) in [5.74, 6) is 0. The van der Waals surface area contributed by atoms with Gasteiger partial charge in [-0.05, 0) is 29.7 Å². The lowest BCUT2D eigenvalue weighted by molar-refractivity contribution is 1.10. The summed E-state index contributed by atoms with van der Waals surface area (Å²) in [6.07, 6.45) is 2.47. The van der Waals surface area contributed by atoms with Crippen molar-refractivity contribution in [3.8, 4) is 0 Å². The van der Waals surface area contributed by atoms with Crippen LogP contribution in [0.4, 0.5) is 5.69 Å². The monoisotopic (exact) mass is 279 g/mol. The van der Waals surface area contributed by atoms with Crippen molar-refractivity contribution in [2.45, 2.75) is 19.9 Å². The molecule has 0 aliphatic heterocycles. The molecule has 0 fully saturated rings. The molecule has 0 unspecified atom stereocenters. The summed E-state index contributed by atoms with van der Waals surface area (Å²) < 4.78 is 0. The standard InChI is InChI=1S/C17H17N3O/c1-2-12-6-8-13(9-7-12)10-18-14-4-3-5-15-16(14)17(21)20-11-19-15/h3-9,11,18H,2,10H2,1H3,(H,19,20,21). The highest BCUT2D eigenvalue weighted by Crippen LogP contribution is 2.18. The molecule has 0 saturated heterocycles. The minimum Gasteiger partial charge on any atom is -0.380 e. The van der Waals surface area contributed by atoms with E-state index in [1.165, 1.54) is 17.5 Å². The van der Waals surface area contributed by atoms with Crippen LogP contribution in [0.5, 0.6) is 0 Å². The number of aromatic nitrogens is 2. The fraction of sp³-hybridized carbons (Fsp3) is 0.176. The predicted octanol–water partition coefficient (Wildman–Crippen LogP) is 3.10. The Bertz CT molecular complexity index is 801. The van der Waals surface area contributed by atoms with E-state index in [0.717, 1.165) is 12.1 Å². The second-order valence-electron chi connectivity index (χ2n) is 4.95. The molecule has 0 bridgehead atoms. The smallest absolute Gasteiger partial charge is 0.260 e. The van der Waals surface area contributed by atoms with Gasteiger partial charge in [-0.15, -0.1) is 0 Å². The van der Waals surface area contributed by atoms with E-state index in [9.17, 15) is 4.79 Å². The van der Waals surface area contributed by atoms with E-state index in [2.05, 4.69) is 46.5 Å². The van der Waals surface area contributed by atoms with E-state index in [0.29, 0.717) is 17.4 Å². The number of aromatic amines is 1. The Morgan fingerprint density at radius 3 is 2.62 bits per heavy atom. The van der Waals surface area contributed by atoms with Crippen molar-refractivity contribution >= 4 is 16.6 Å². The first-order valence-corrected chi connectivity index (χ1v) is 7.06. The summed E-state index contributed by atoms with van der Waals surface area (Å²) in [6, 6.07) is 14.1. The summed E-state index contributed by atoms with van der Waals surface area (Å²) in [5, 5.41) is 3.92. The third-order valence-electron chi connectivity index (χ3n) is 3.58. The molecule has 0 radical (unpaired) electrons. The molecular weight excluding hydrogens is 262 g/mol. The highest BCUT2D eigenvalue weighted by atomic mass is 16.1. The molecule has 0 saturated carbocycles. The van der Waals surface area contributed by atoms with Crippen LogP contribution >= 0.6 is 0 Å². The average Bonchev–Trinajstić information content (AvgIpc) is 2.53. The predicted molar refractivity (Wildman–Crippen MR) is 85.5 cm³/mol. The zero-order valence-electron chi connectivity index (χ0n) is 11.9. The van der Waals surface area contributed by atoms with Crippen LogP contribution in [0.2, 0.25) is 0 Å². The second kappa shape index (κ2) is 5.79. The van der Waals surface area contributed by atoms with Gasteiger partial charge in [-0.1, -0.05) is 37.3 Å². The molecule has 2 N–H and O–H groups in total. The molecule has 0 aliphatic rings. The fourth-order valence-electron chi connectivity index (χ4n) is 2.36. The van der Waals surface area contributed by atoms with E-state index in [4.69, 9.17) is 0 Å². The van der Waals surface area contributed by atoms with Crippen LogP contribution < -0.4 is 10.9 Å². The second-order valence-corrected chi connectivity index (χ2v) is 4.95. The van der Waals surface area contributed by atoms with Gasteiger partial charge in [0.2, 0.25) is 0 Å². The van der Waals surface area contributed by atoms with Gasteiger partial charge in [0.25, 0.3) is 5.56 Å². The molecule has 4 heteroatoms. The highest BCUT2D eigenvalue weighted by molar-refractivity contribution is 5.90. The van der Waals surface area contributed by atoms with Crippen LogP contribution in [0.1, 0.15) is 18.1 Å². The van der Waals surface area contributed by atoms with Gasteiger partial charge < -0.3 is 10.3 Å². The Morgan fingerprint density at radius 2 is 1.86 bits per heavy atom. The van der Waals surface area contributed by atoms with E-state index < -0.39 is 0 Å². The summed E-state index contributed by atoms with van der Waals surface area (Å²) in [4.78, 5) is 18.8. The van der Waals surface area contributed by atoms with Gasteiger partial charge in [-0.25, -0.2) is 4.98 Å². The Balaban J connectivity index is 1.86. The molecule has 0 amide bonds. The van der Waals surface area contributed by atoms with Crippen molar-refractivity contribution in [1.82, 2.24) is 9.97 Å². The largest absolute Gasteiger partial charge is 0.380 e. The summed E-state index contributed by atoms with van der Waals surface area (Å²) >= 11 is 0. The first-order chi connectivity index (χ1) is 10.3. The number of nitrogens with zero attached hydrogens (tertiary/aromatic N) is 1. The molecule has 21 heavy (non-hydrogen) atoms. The number of rotatable bonds is 4. The molecule has 4 nitrogen and oxygen atoms in total. The molecular formula is C17H17N3O. The van der Waals surface area contributed by atoms with E-state index in [-0.39, 0.29) is 5.56 Å². The van der Waals surface area contributed by atoms with Gasteiger partial charge in [-0.2, -0.15) is 0 Å². The van der Waals surface area contributed by atoms with Gasteiger partial charge in [0.05, 0.1) is 17.2 Å². The molecule has 1 heterocycles. The lowest BCUT2D eigenvalue weighted by atomic mass is 10.1. The quantitative estimate of drug-likeness (QED) is 0.771. The molecule has 106 valence electrons. The van der Waals surface area contributed by atoms with Crippen molar-refractivity contribution in [2.75, 3.05) is 5.32 Å². The van der Waals surface area contributed by atoms with Gasteiger partial charge in [0.15, 0.2) is 0 Å². The fourth-order valence-corrected chi connectivity index (χ4v) is 2.36. The van der Waals surface area contributed by atoms with Crippen LogP contribution in [0.25, 0.3) is 10.9 Å². The lowest BCUT2D eigenvalue weighted by Crippen LogP contribution is -2.10. The number of H-pyrrole nitrogens is 1. The van der Waals surface area contributed by atoms with Crippen LogP contribution in [-0.4, -0.2) is 9.97 Å². The van der Waals surface area contributed by atoms with Crippen molar-refractivity contribution in [1.29, 1.82) is 0 Å². The Labute approximate surface area is 122 Å². The minimum absolute atomic E-state index is 0.121. The van der Waals surface area contributed by atoms with E-state index in [1.807, 2.05) is 18.2 Å². The SMILES string of the molecule is CCc1ccc(CNc2cccc3nc[nH]c(=O)c23)cc1. The minimum atomic E-state index is -0.121. The van der Waals surface area contributed by atoms with Crippen LogP contribution in [-0.2, 0) is 13.0 Å². The first kappa shape index (κ1) is 13.4. The molecule has 3 rings (SSSR count). The number of hydrogen-bond acceptors (Lipinski definition) is 3. The molecule has 2 aromatic carbocycles. The van der Waals surface area contributed by atoms with Gasteiger partial charge in [0.1, 0.15) is 0 Å². The topological polar surface area (TPSA) is 57.8 Å². The van der Waals surface area contributed by atoms with Crippen molar-refractivity contribution in [3.05, 3.63) is 70.3 Å². The Hall–Kier alpha value is -2.62. The molecule has 3 aromatic rings. The maximum atomic E-state index is 12.0. The van der Waals surface area contributed by atoms with Crippen LogP contribution in [0, 0.1) is 0 Å². The Morgan fingerprint density at radius 1 is 1.10 bits per heavy atom. The summed E-state index contributed by atoms with van der Waals surface area (Å²) in [7, 11) is 0. The van der Waals surface area contributed by atoms with Crippen LogP contribution in [0.3, 0.4) is 0 Å². The number of aryl methyl sites for hydroxylation is 1. The van der Waals surface area contributed by atoms with E-state index in [1.54, 1.807) is 0 Å². The molecule has 0 aliphatic carbocycles. The number of benzene rings is 2. The normalized spacial score (nSPS) is 10.7. The molecule has 0 atom stereocenters. The summed E-state index contributed by atoms with van der Waals surface area (Å²) in [5.41, 5.74) is 3.89. The molecule has 0 spiro atoms. The van der Waals surface area contributed by atoms with Gasteiger partial charge >= 0.3 is 0 Å². The number of fused-ring (bicyclic) bond motifs is 1. The molecule has 1 aromatic heterocycles. The van der Waals surface area contributed by atoms with Crippen LogP contribution in [0.15, 0.2) is 53.6 Å². The third kappa shape index (κ3) is 2.79. The van der Waals surface area contributed by atoms with Crippen molar-refractivity contribution in [2.24, 2.45) is 0 Å². The number of anilines is 1. The zero-order chi connectivity index (χ0) is 14.7. The number of hydrogen-bond donors (Lipinski definition) is 2. The van der Waals surface area contributed by atoms with Gasteiger partial charge in [0, 0.05) is 12.2 Å². The third-order valence-corrected chi connectivity index (χ3v) is 3.58. The lowest BCUT2D eigenvalue weighted by Gasteiger charge is -2.09. The van der Waals surface area contributed by atoms with Crippen molar-refractivity contribution in [3.63, 3.8) is 0 Å². The zero-order valence-corrected chi connectivity index (χ0v) is 11.9.